The predicted octanol–water partition coefficient (Wildman–Crippen LogP) is 4.41. The van der Waals surface area contributed by atoms with Crippen molar-refractivity contribution in [2.75, 3.05) is 12.0 Å². The van der Waals surface area contributed by atoms with E-state index in [-0.39, 0.29) is 30.6 Å². The van der Waals surface area contributed by atoms with E-state index in [0.29, 0.717) is 17.4 Å². The van der Waals surface area contributed by atoms with Crippen molar-refractivity contribution < 1.29 is 18.7 Å². The number of halogens is 1. The molecule has 1 heterocycles. The largest absolute Gasteiger partial charge is 0.486 e. The molecule has 6 nitrogen and oxygen atoms in total. The van der Waals surface area contributed by atoms with Gasteiger partial charge in [-0.05, 0) is 30.2 Å². The average molecular weight is 413 g/mol. The van der Waals surface area contributed by atoms with E-state index in [4.69, 9.17) is 9.47 Å². The third-order valence-corrected chi connectivity index (χ3v) is 4.56. The highest BCUT2D eigenvalue weighted by Gasteiger charge is 2.08. The standard InChI is InChI=1S/C21H20FN3O3S/c1-2-27-20(26)11-17-14-29-21(24-17)25-23-12-15-7-9-16(10-8-15)13-28-19-6-4-3-5-18(19)22/h3-10,12,14H,2,11,13H2,1H3,(H,24,25). The van der Waals surface area contributed by atoms with Gasteiger partial charge >= 0.3 is 5.97 Å². The highest BCUT2D eigenvalue weighted by atomic mass is 32.1. The lowest BCUT2D eigenvalue weighted by atomic mass is 10.1. The number of hydrazone groups is 1. The number of anilines is 1. The first kappa shape index (κ1) is 20.5. The van der Waals surface area contributed by atoms with Crippen molar-refractivity contribution in [1.29, 1.82) is 0 Å². The van der Waals surface area contributed by atoms with E-state index >= 15 is 0 Å². The molecule has 3 aromatic rings. The quantitative estimate of drug-likeness (QED) is 0.320. The summed E-state index contributed by atoms with van der Waals surface area (Å²) in [5, 5.41) is 6.54. The molecule has 0 saturated carbocycles. The molecule has 0 aliphatic rings. The number of para-hydroxylation sites is 1. The van der Waals surface area contributed by atoms with Gasteiger partial charge in [0.2, 0.25) is 5.13 Å². The molecule has 0 spiro atoms. The Labute approximate surface area is 172 Å². The van der Waals surface area contributed by atoms with Gasteiger partial charge in [-0.1, -0.05) is 36.4 Å². The summed E-state index contributed by atoms with van der Waals surface area (Å²) in [5.41, 5.74) is 5.29. The van der Waals surface area contributed by atoms with Crippen molar-refractivity contribution in [3.8, 4) is 5.75 Å². The van der Waals surface area contributed by atoms with Crippen molar-refractivity contribution in [3.63, 3.8) is 0 Å². The Hall–Kier alpha value is -3.26. The fourth-order valence-electron chi connectivity index (χ4n) is 2.38. The van der Waals surface area contributed by atoms with E-state index in [9.17, 15) is 9.18 Å². The summed E-state index contributed by atoms with van der Waals surface area (Å²) in [6, 6.07) is 13.9. The molecular formula is C21H20FN3O3S. The molecule has 0 saturated heterocycles. The molecule has 3 rings (SSSR count). The molecule has 0 aliphatic carbocycles. The summed E-state index contributed by atoms with van der Waals surface area (Å²) >= 11 is 1.36. The predicted molar refractivity (Wildman–Crippen MR) is 111 cm³/mol. The monoisotopic (exact) mass is 413 g/mol. The number of benzene rings is 2. The number of nitrogens with zero attached hydrogens (tertiary/aromatic N) is 2. The summed E-state index contributed by atoms with van der Waals surface area (Å²) in [4.78, 5) is 15.7. The maximum absolute atomic E-state index is 13.6. The Morgan fingerprint density at radius 1 is 1.24 bits per heavy atom. The van der Waals surface area contributed by atoms with E-state index in [0.717, 1.165) is 11.1 Å². The van der Waals surface area contributed by atoms with E-state index in [2.05, 4.69) is 15.5 Å². The second-order valence-electron chi connectivity index (χ2n) is 5.96. The summed E-state index contributed by atoms with van der Waals surface area (Å²) in [5.74, 6) is -0.449. The lowest BCUT2D eigenvalue weighted by Crippen LogP contribution is -2.07. The van der Waals surface area contributed by atoms with Gasteiger partial charge in [0.15, 0.2) is 11.6 Å². The molecule has 8 heteroatoms. The van der Waals surface area contributed by atoms with Gasteiger partial charge in [0, 0.05) is 5.38 Å². The van der Waals surface area contributed by atoms with Gasteiger partial charge in [0.25, 0.3) is 0 Å². The molecule has 0 radical (unpaired) electrons. The third-order valence-electron chi connectivity index (χ3n) is 3.77. The summed E-state index contributed by atoms with van der Waals surface area (Å²) in [7, 11) is 0. The molecule has 0 atom stereocenters. The number of ether oxygens (including phenoxy) is 2. The van der Waals surface area contributed by atoms with Crippen molar-refractivity contribution in [2.45, 2.75) is 20.0 Å². The van der Waals surface area contributed by atoms with Crippen LogP contribution in [0.4, 0.5) is 9.52 Å². The van der Waals surface area contributed by atoms with Gasteiger partial charge in [-0.2, -0.15) is 5.10 Å². The molecule has 1 N–H and O–H groups in total. The zero-order chi connectivity index (χ0) is 20.5. The highest BCUT2D eigenvalue weighted by molar-refractivity contribution is 7.13. The molecule has 29 heavy (non-hydrogen) atoms. The van der Waals surface area contributed by atoms with Gasteiger partial charge in [0.05, 0.1) is 24.9 Å². The van der Waals surface area contributed by atoms with Gasteiger partial charge in [-0.3, -0.25) is 10.2 Å². The number of aromatic nitrogens is 1. The van der Waals surface area contributed by atoms with Gasteiger partial charge in [-0.25, -0.2) is 9.37 Å². The molecular weight excluding hydrogens is 393 g/mol. The van der Waals surface area contributed by atoms with Crippen LogP contribution < -0.4 is 10.2 Å². The second-order valence-corrected chi connectivity index (χ2v) is 6.81. The molecule has 150 valence electrons. The number of hydrogen-bond acceptors (Lipinski definition) is 7. The Kier molecular flexibility index (Phi) is 7.29. The first-order valence-electron chi connectivity index (χ1n) is 8.99. The number of rotatable bonds is 9. The number of carbonyl (C=O) groups excluding carboxylic acids is 1. The molecule has 0 fully saturated rings. The van der Waals surface area contributed by atoms with Crippen LogP contribution in [0.15, 0.2) is 59.0 Å². The summed E-state index contributed by atoms with van der Waals surface area (Å²) < 4.78 is 23.9. The van der Waals surface area contributed by atoms with Gasteiger partial charge in [-0.15, -0.1) is 11.3 Å². The van der Waals surface area contributed by atoms with E-state index in [1.54, 1.807) is 36.7 Å². The van der Waals surface area contributed by atoms with E-state index in [1.807, 2.05) is 24.3 Å². The van der Waals surface area contributed by atoms with Crippen molar-refractivity contribution >= 4 is 28.7 Å². The Morgan fingerprint density at radius 3 is 2.79 bits per heavy atom. The van der Waals surface area contributed by atoms with Gasteiger partial charge < -0.3 is 9.47 Å². The van der Waals surface area contributed by atoms with Crippen LogP contribution in [-0.4, -0.2) is 23.8 Å². The SMILES string of the molecule is CCOC(=O)Cc1csc(NN=Cc2ccc(COc3ccccc3F)cc2)n1. The lowest BCUT2D eigenvalue weighted by Gasteiger charge is -2.07. The number of carbonyl (C=O) groups is 1. The maximum atomic E-state index is 13.6. The number of nitrogens with one attached hydrogen (secondary N) is 1. The molecule has 2 aromatic carbocycles. The summed E-state index contributed by atoms with van der Waals surface area (Å²) in [6.07, 6.45) is 1.81. The lowest BCUT2D eigenvalue weighted by molar-refractivity contribution is -0.142. The molecule has 0 unspecified atom stereocenters. The van der Waals surface area contributed by atoms with Gasteiger partial charge in [0.1, 0.15) is 6.61 Å². The Morgan fingerprint density at radius 2 is 2.03 bits per heavy atom. The van der Waals surface area contributed by atoms with Crippen LogP contribution in [0.2, 0.25) is 0 Å². The number of hydrogen-bond donors (Lipinski definition) is 1. The number of esters is 1. The molecule has 0 bridgehead atoms. The van der Waals surface area contributed by atoms with Crippen LogP contribution in [0, 0.1) is 5.82 Å². The normalized spacial score (nSPS) is 10.8. The fourth-order valence-corrected chi connectivity index (χ4v) is 3.04. The smallest absolute Gasteiger partial charge is 0.311 e. The molecule has 1 aromatic heterocycles. The Bertz CT molecular complexity index is 973. The van der Waals surface area contributed by atoms with Crippen LogP contribution in [-0.2, 0) is 22.6 Å². The topological polar surface area (TPSA) is 72.8 Å². The molecule has 0 aliphatic heterocycles. The van der Waals surface area contributed by atoms with Crippen molar-refractivity contribution in [2.24, 2.45) is 5.10 Å². The molecule has 0 amide bonds. The van der Waals surface area contributed by atoms with Crippen molar-refractivity contribution in [3.05, 3.63) is 76.5 Å². The van der Waals surface area contributed by atoms with E-state index in [1.165, 1.54) is 17.4 Å². The summed E-state index contributed by atoms with van der Waals surface area (Å²) in [6.45, 7) is 2.40. The minimum atomic E-state index is -0.380. The maximum Gasteiger partial charge on any atom is 0.311 e. The first-order valence-corrected chi connectivity index (χ1v) is 9.87. The van der Waals surface area contributed by atoms with Crippen LogP contribution in [0.1, 0.15) is 23.7 Å². The highest BCUT2D eigenvalue weighted by Crippen LogP contribution is 2.18. The average Bonchev–Trinajstić information content (AvgIpc) is 3.15. The van der Waals surface area contributed by atoms with Crippen LogP contribution in [0.25, 0.3) is 0 Å². The van der Waals surface area contributed by atoms with Crippen LogP contribution in [0.5, 0.6) is 5.75 Å². The van der Waals surface area contributed by atoms with Crippen molar-refractivity contribution in [1.82, 2.24) is 4.98 Å². The zero-order valence-corrected chi connectivity index (χ0v) is 16.6. The number of thiazole rings is 1. The zero-order valence-electron chi connectivity index (χ0n) is 15.8. The minimum Gasteiger partial charge on any atom is -0.486 e. The fraction of sp³-hybridized carbons (Fsp3) is 0.190. The first-order chi connectivity index (χ1) is 14.1. The van der Waals surface area contributed by atoms with Crippen LogP contribution >= 0.6 is 11.3 Å². The minimum absolute atomic E-state index is 0.145. The second kappa shape index (κ2) is 10.3. The third kappa shape index (κ3) is 6.39. The van der Waals surface area contributed by atoms with Crippen LogP contribution in [0.3, 0.4) is 0 Å². The van der Waals surface area contributed by atoms with E-state index < -0.39 is 0 Å². The Balaban J connectivity index is 1.48.